The summed E-state index contributed by atoms with van der Waals surface area (Å²) in [6.07, 6.45) is 0.719. The molecule has 1 aromatic heterocycles. The number of piperazine rings is 1. The van der Waals surface area contributed by atoms with Gasteiger partial charge in [0.1, 0.15) is 11.9 Å². The number of rotatable bonds is 3. The summed E-state index contributed by atoms with van der Waals surface area (Å²) in [7, 11) is 0. The second kappa shape index (κ2) is 6.60. The molecule has 1 aliphatic rings. The van der Waals surface area contributed by atoms with Crippen LogP contribution in [0.5, 0.6) is 0 Å². The standard InChI is InChI=1S/C17H20FN3O2/c1-12(22)17(23)21-9-7-20(8-10-21)11-13-4-5-15(18)14-3-2-6-19-16(13)14/h2-6,12,22H,7-11H2,1H3. The third kappa shape index (κ3) is 3.33. The number of aromatic nitrogens is 1. The lowest BCUT2D eigenvalue weighted by Crippen LogP contribution is -2.50. The lowest BCUT2D eigenvalue weighted by molar-refractivity contribution is -0.141. The lowest BCUT2D eigenvalue weighted by atomic mass is 10.1. The highest BCUT2D eigenvalue weighted by Gasteiger charge is 2.24. The van der Waals surface area contributed by atoms with E-state index in [1.54, 1.807) is 29.3 Å². The maximum Gasteiger partial charge on any atom is 0.251 e. The average molecular weight is 317 g/mol. The summed E-state index contributed by atoms with van der Waals surface area (Å²) in [4.78, 5) is 20.0. The van der Waals surface area contributed by atoms with Crippen LogP contribution in [-0.4, -0.2) is 58.1 Å². The Labute approximate surface area is 134 Å². The van der Waals surface area contributed by atoms with Crippen molar-refractivity contribution in [3.05, 3.63) is 41.8 Å². The summed E-state index contributed by atoms with van der Waals surface area (Å²) >= 11 is 0. The number of fused-ring (bicyclic) bond motifs is 1. The van der Waals surface area contributed by atoms with Crippen LogP contribution in [0.25, 0.3) is 10.9 Å². The third-order valence-electron chi connectivity index (χ3n) is 4.24. The predicted octanol–water partition coefficient (Wildman–Crippen LogP) is 1.40. The molecule has 0 spiro atoms. The van der Waals surface area contributed by atoms with E-state index in [9.17, 15) is 14.3 Å². The van der Waals surface area contributed by atoms with E-state index in [1.807, 2.05) is 0 Å². The molecule has 0 bridgehead atoms. The number of amides is 1. The van der Waals surface area contributed by atoms with Gasteiger partial charge in [0.15, 0.2) is 0 Å². The number of aliphatic hydroxyl groups excluding tert-OH is 1. The fourth-order valence-electron chi connectivity index (χ4n) is 2.96. The molecule has 23 heavy (non-hydrogen) atoms. The van der Waals surface area contributed by atoms with Crippen molar-refractivity contribution < 1.29 is 14.3 Å². The largest absolute Gasteiger partial charge is 0.384 e. The van der Waals surface area contributed by atoms with Crippen molar-refractivity contribution >= 4 is 16.8 Å². The number of carbonyl (C=O) groups is 1. The highest BCUT2D eigenvalue weighted by Crippen LogP contribution is 2.21. The number of hydrogen-bond acceptors (Lipinski definition) is 4. The molecule has 1 unspecified atom stereocenters. The zero-order chi connectivity index (χ0) is 16.4. The zero-order valence-electron chi connectivity index (χ0n) is 13.1. The van der Waals surface area contributed by atoms with Gasteiger partial charge in [-0.15, -0.1) is 0 Å². The van der Waals surface area contributed by atoms with Crippen LogP contribution in [0, 0.1) is 5.82 Å². The van der Waals surface area contributed by atoms with Crippen LogP contribution in [0.2, 0.25) is 0 Å². The number of pyridine rings is 1. The molecule has 1 N–H and O–H groups in total. The van der Waals surface area contributed by atoms with E-state index in [0.29, 0.717) is 30.5 Å². The molecule has 0 radical (unpaired) electrons. The Morgan fingerprint density at radius 1 is 1.30 bits per heavy atom. The summed E-state index contributed by atoms with van der Waals surface area (Å²) in [6, 6.07) is 6.72. The van der Waals surface area contributed by atoms with E-state index in [4.69, 9.17) is 0 Å². The molecular weight excluding hydrogens is 297 g/mol. The van der Waals surface area contributed by atoms with Gasteiger partial charge in [-0.3, -0.25) is 14.7 Å². The molecule has 122 valence electrons. The van der Waals surface area contributed by atoms with E-state index < -0.39 is 6.10 Å². The van der Waals surface area contributed by atoms with E-state index in [2.05, 4.69) is 9.88 Å². The van der Waals surface area contributed by atoms with Gasteiger partial charge in [0.25, 0.3) is 5.91 Å². The van der Waals surface area contributed by atoms with E-state index >= 15 is 0 Å². The number of hydrogen-bond donors (Lipinski definition) is 1. The molecule has 1 fully saturated rings. The predicted molar refractivity (Wildman–Crippen MR) is 85.2 cm³/mol. The second-order valence-corrected chi connectivity index (χ2v) is 5.88. The maximum absolute atomic E-state index is 13.8. The van der Waals surface area contributed by atoms with Gasteiger partial charge in [0, 0.05) is 44.3 Å². The first kappa shape index (κ1) is 15.8. The van der Waals surface area contributed by atoms with Gasteiger partial charge < -0.3 is 10.0 Å². The molecule has 0 aliphatic carbocycles. The number of nitrogens with zero attached hydrogens (tertiary/aromatic N) is 3. The lowest BCUT2D eigenvalue weighted by Gasteiger charge is -2.35. The van der Waals surface area contributed by atoms with Crippen molar-refractivity contribution in [3.8, 4) is 0 Å². The van der Waals surface area contributed by atoms with Gasteiger partial charge in [-0.25, -0.2) is 4.39 Å². The van der Waals surface area contributed by atoms with Crippen molar-refractivity contribution in [3.63, 3.8) is 0 Å². The summed E-state index contributed by atoms with van der Waals surface area (Å²) < 4.78 is 13.8. The van der Waals surface area contributed by atoms with Crippen LogP contribution in [0.15, 0.2) is 30.5 Å². The molecule has 1 aromatic carbocycles. The van der Waals surface area contributed by atoms with Gasteiger partial charge in [0.2, 0.25) is 0 Å². The Bertz CT molecular complexity index is 712. The summed E-state index contributed by atoms with van der Waals surface area (Å²) in [5.41, 5.74) is 1.67. The SMILES string of the molecule is CC(O)C(=O)N1CCN(Cc2ccc(F)c3cccnc23)CC1. The first-order valence-corrected chi connectivity index (χ1v) is 7.77. The Hall–Kier alpha value is -2.05. The minimum atomic E-state index is -0.952. The van der Waals surface area contributed by atoms with E-state index in [0.717, 1.165) is 18.7 Å². The average Bonchev–Trinajstić information content (AvgIpc) is 2.57. The Morgan fingerprint density at radius 2 is 2.04 bits per heavy atom. The quantitative estimate of drug-likeness (QED) is 0.930. The van der Waals surface area contributed by atoms with Crippen molar-refractivity contribution in [1.82, 2.24) is 14.8 Å². The molecule has 6 heteroatoms. The van der Waals surface area contributed by atoms with Crippen LogP contribution < -0.4 is 0 Å². The van der Waals surface area contributed by atoms with Gasteiger partial charge in [0.05, 0.1) is 5.52 Å². The maximum atomic E-state index is 13.8. The number of halogens is 1. The van der Waals surface area contributed by atoms with Crippen LogP contribution in [0.1, 0.15) is 12.5 Å². The van der Waals surface area contributed by atoms with E-state index in [-0.39, 0.29) is 11.7 Å². The number of aliphatic hydroxyl groups is 1. The topological polar surface area (TPSA) is 56.7 Å². The molecular formula is C17H20FN3O2. The minimum absolute atomic E-state index is 0.224. The highest BCUT2D eigenvalue weighted by atomic mass is 19.1. The molecule has 1 saturated heterocycles. The fourth-order valence-corrected chi connectivity index (χ4v) is 2.96. The molecule has 2 aromatic rings. The monoisotopic (exact) mass is 317 g/mol. The molecule has 1 amide bonds. The normalized spacial score (nSPS) is 17.4. The highest BCUT2D eigenvalue weighted by molar-refractivity contribution is 5.82. The van der Waals surface area contributed by atoms with Crippen molar-refractivity contribution in [2.24, 2.45) is 0 Å². The van der Waals surface area contributed by atoms with Crippen molar-refractivity contribution in [2.45, 2.75) is 19.6 Å². The van der Waals surface area contributed by atoms with Crippen LogP contribution >= 0.6 is 0 Å². The second-order valence-electron chi connectivity index (χ2n) is 5.88. The minimum Gasteiger partial charge on any atom is -0.384 e. The van der Waals surface area contributed by atoms with Gasteiger partial charge >= 0.3 is 0 Å². The zero-order valence-corrected chi connectivity index (χ0v) is 13.1. The third-order valence-corrected chi connectivity index (χ3v) is 4.24. The Balaban J connectivity index is 1.70. The van der Waals surface area contributed by atoms with Gasteiger partial charge in [-0.1, -0.05) is 6.07 Å². The molecule has 1 aliphatic heterocycles. The first-order chi connectivity index (χ1) is 11.1. The van der Waals surface area contributed by atoms with Crippen LogP contribution in [0.3, 0.4) is 0 Å². The van der Waals surface area contributed by atoms with Crippen molar-refractivity contribution in [2.75, 3.05) is 26.2 Å². The van der Waals surface area contributed by atoms with E-state index in [1.165, 1.54) is 13.0 Å². The Morgan fingerprint density at radius 3 is 2.74 bits per heavy atom. The molecule has 1 atom stereocenters. The molecule has 3 rings (SSSR count). The van der Waals surface area contributed by atoms with Gasteiger partial charge in [-0.2, -0.15) is 0 Å². The summed E-state index contributed by atoms with van der Waals surface area (Å²) in [5.74, 6) is -0.484. The van der Waals surface area contributed by atoms with Crippen LogP contribution in [-0.2, 0) is 11.3 Å². The summed E-state index contributed by atoms with van der Waals surface area (Å²) in [6.45, 7) is 4.80. The molecule has 2 heterocycles. The van der Waals surface area contributed by atoms with Gasteiger partial charge in [-0.05, 0) is 30.7 Å². The fraction of sp³-hybridized carbons (Fsp3) is 0.412. The smallest absolute Gasteiger partial charge is 0.251 e. The molecule has 0 saturated carbocycles. The van der Waals surface area contributed by atoms with Crippen molar-refractivity contribution in [1.29, 1.82) is 0 Å². The summed E-state index contributed by atoms with van der Waals surface area (Å²) in [5, 5.41) is 9.91. The van der Waals surface area contributed by atoms with Crippen LogP contribution in [0.4, 0.5) is 4.39 Å². The molecule has 5 nitrogen and oxygen atoms in total. The number of carbonyl (C=O) groups excluding carboxylic acids is 1. The number of benzene rings is 1. The Kier molecular flexibility index (Phi) is 4.54. The first-order valence-electron chi connectivity index (χ1n) is 7.77.